The molecule has 1 atom stereocenters. The highest BCUT2D eigenvalue weighted by Crippen LogP contribution is 2.24. The molecule has 0 heterocycles. The number of nitrogens with zero attached hydrogens (tertiary/aromatic N) is 1. The fourth-order valence-corrected chi connectivity index (χ4v) is 0.406. The van der Waals surface area contributed by atoms with Crippen molar-refractivity contribution in [2.75, 3.05) is 0 Å². The molecular weight excluding hydrogens is 130 g/mol. The lowest BCUT2D eigenvalue weighted by Crippen LogP contribution is -2.26. The van der Waals surface area contributed by atoms with Crippen molar-refractivity contribution in [3.63, 3.8) is 0 Å². The third-order valence-corrected chi connectivity index (χ3v) is 1.74. The van der Waals surface area contributed by atoms with Crippen LogP contribution in [0.2, 0.25) is 0 Å². The van der Waals surface area contributed by atoms with E-state index in [0.717, 1.165) is 0 Å². The van der Waals surface area contributed by atoms with Gasteiger partial charge in [0.15, 0.2) is 0 Å². The highest BCUT2D eigenvalue weighted by molar-refractivity contribution is 5.71. The van der Waals surface area contributed by atoms with Crippen LogP contribution in [0.15, 0.2) is 0 Å². The average molecular weight is 141 g/mol. The first-order chi connectivity index (χ1) is 4.41. The number of aliphatic carboxylic acids is 1. The molecule has 0 aromatic rings. The Kier molecular flexibility index (Phi) is 2.42. The van der Waals surface area contributed by atoms with E-state index in [2.05, 4.69) is 0 Å². The van der Waals surface area contributed by atoms with Gasteiger partial charge in [0.1, 0.15) is 0 Å². The predicted molar refractivity (Wildman–Crippen MR) is 36.2 cm³/mol. The van der Waals surface area contributed by atoms with E-state index in [1.54, 1.807) is 13.8 Å². The molecule has 0 spiro atoms. The van der Waals surface area contributed by atoms with Crippen molar-refractivity contribution < 1.29 is 9.90 Å². The molecule has 0 aromatic heterocycles. The van der Waals surface area contributed by atoms with Crippen molar-refractivity contribution in [2.45, 2.75) is 20.8 Å². The summed E-state index contributed by atoms with van der Waals surface area (Å²) in [7, 11) is 0. The van der Waals surface area contributed by atoms with Crippen LogP contribution >= 0.6 is 0 Å². The van der Waals surface area contributed by atoms with Crippen molar-refractivity contribution in [1.29, 1.82) is 5.26 Å². The van der Waals surface area contributed by atoms with Gasteiger partial charge in [-0.15, -0.1) is 0 Å². The first kappa shape index (κ1) is 8.96. The number of hydrogen-bond acceptors (Lipinski definition) is 2. The van der Waals surface area contributed by atoms with Crippen LogP contribution in [0.25, 0.3) is 0 Å². The van der Waals surface area contributed by atoms with E-state index in [1.807, 2.05) is 6.07 Å². The number of carboxylic acids is 1. The maximum absolute atomic E-state index is 10.4. The number of carbonyl (C=O) groups is 1. The minimum atomic E-state index is -0.924. The molecular formula is C7H11NO2. The van der Waals surface area contributed by atoms with Crippen molar-refractivity contribution in [3.8, 4) is 6.07 Å². The Hall–Kier alpha value is -1.04. The van der Waals surface area contributed by atoms with Gasteiger partial charge >= 0.3 is 5.97 Å². The maximum atomic E-state index is 10.4. The monoisotopic (exact) mass is 141 g/mol. The van der Waals surface area contributed by atoms with E-state index >= 15 is 0 Å². The van der Waals surface area contributed by atoms with Gasteiger partial charge in [-0.3, -0.25) is 4.79 Å². The molecule has 3 nitrogen and oxygen atoms in total. The van der Waals surface area contributed by atoms with Gasteiger partial charge < -0.3 is 5.11 Å². The van der Waals surface area contributed by atoms with Gasteiger partial charge in [-0.1, -0.05) is 6.92 Å². The molecule has 0 amide bonds. The van der Waals surface area contributed by atoms with E-state index in [-0.39, 0.29) is 0 Å². The van der Waals surface area contributed by atoms with Crippen molar-refractivity contribution in [1.82, 2.24) is 0 Å². The second-order valence-corrected chi connectivity index (χ2v) is 2.89. The highest BCUT2D eigenvalue weighted by Gasteiger charge is 2.30. The third-order valence-electron chi connectivity index (χ3n) is 1.74. The second-order valence-electron chi connectivity index (χ2n) is 2.89. The summed E-state index contributed by atoms with van der Waals surface area (Å²) < 4.78 is 0. The first-order valence-electron chi connectivity index (χ1n) is 3.06. The molecule has 3 heteroatoms. The second kappa shape index (κ2) is 2.70. The lowest BCUT2D eigenvalue weighted by Gasteiger charge is -2.19. The van der Waals surface area contributed by atoms with Gasteiger partial charge in [0, 0.05) is 0 Å². The molecule has 0 rings (SSSR count). The Labute approximate surface area is 60.3 Å². The average Bonchev–Trinajstić information content (AvgIpc) is 1.86. The molecule has 0 aliphatic heterocycles. The van der Waals surface area contributed by atoms with Crippen LogP contribution in [0, 0.1) is 22.7 Å². The molecule has 0 saturated carbocycles. The smallest absolute Gasteiger partial charge is 0.307 e. The molecule has 0 fully saturated rings. The molecule has 0 aromatic carbocycles. The molecule has 0 saturated heterocycles. The normalized spacial score (nSPS) is 13.8. The van der Waals surface area contributed by atoms with Crippen LogP contribution < -0.4 is 0 Å². The minimum Gasteiger partial charge on any atom is -0.481 e. The van der Waals surface area contributed by atoms with Gasteiger partial charge in [0.2, 0.25) is 0 Å². The van der Waals surface area contributed by atoms with Crippen molar-refractivity contribution in [2.24, 2.45) is 11.3 Å². The highest BCUT2D eigenvalue weighted by atomic mass is 16.4. The molecule has 0 bridgehead atoms. The third kappa shape index (κ3) is 1.73. The Bertz CT molecular complexity index is 179. The fourth-order valence-electron chi connectivity index (χ4n) is 0.406. The molecule has 0 unspecified atom stereocenters. The largest absolute Gasteiger partial charge is 0.481 e. The minimum absolute atomic E-state index is 0.613. The first-order valence-corrected chi connectivity index (χ1v) is 3.06. The number of rotatable bonds is 2. The topological polar surface area (TPSA) is 61.1 Å². The number of carboxylic acid groups (broad SMARTS) is 1. The zero-order chi connectivity index (χ0) is 8.36. The maximum Gasteiger partial charge on any atom is 0.307 e. The van der Waals surface area contributed by atoms with Crippen LogP contribution in [0.4, 0.5) is 0 Å². The summed E-state index contributed by atoms with van der Waals surface area (Å²) >= 11 is 0. The number of nitriles is 1. The summed E-state index contributed by atoms with van der Waals surface area (Å²) in [5.74, 6) is -1.54. The molecule has 0 aliphatic rings. The van der Waals surface area contributed by atoms with Gasteiger partial charge in [0.25, 0.3) is 0 Å². The summed E-state index contributed by atoms with van der Waals surface area (Å²) in [5, 5.41) is 17.0. The SMILES string of the molecule is C[C@H](C(=O)O)C(C)(C)C#N. The molecule has 0 aliphatic carbocycles. The van der Waals surface area contributed by atoms with Crippen LogP contribution in [0.1, 0.15) is 20.8 Å². The molecule has 1 N–H and O–H groups in total. The summed E-state index contributed by atoms with van der Waals surface area (Å²) in [4.78, 5) is 10.4. The van der Waals surface area contributed by atoms with Crippen LogP contribution in [-0.2, 0) is 4.79 Å². The van der Waals surface area contributed by atoms with Crippen LogP contribution in [0.3, 0.4) is 0 Å². The molecule has 10 heavy (non-hydrogen) atoms. The summed E-state index contributed by atoms with van der Waals surface area (Å²) in [5.41, 5.74) is -0.772. The van der Waals surface area contributed by atoms with Gasteiger partial charge in [-0.25, -0.2) is 0 Å². The predicted octanol–water partition coefficient (Wildman–Crippen LogP) is 1.26. The Balaban J connectivity index is 4.37. The van der Waals surface area contributed by atoms with Crippen molar-refractivity contribution >= 4 is 5.97 Å². The fraction of sp³-hybridized carbons (Fsp3) is 0.714. The molecule has 0 radical (unpaired) electrons. The van der Waals surface area contributed by atoms with E-state index < -0.39 is 17.3 Å². The van der Waals surface area contributed by atoms with E-state index in [9.17, 15) is 4.79 Å². The quantitative estimate of drug-likeness (QED) is 0.629. The van der Waals surface area contributed by atoms with Crippen LogP contribution in [-0.4, -0.2) is 11.1 Å². The summed E-state index contributed by atoms with van der Waals surface area (Å²) in [6.45, 7) is 4.77. The summed E-state index contributed by atoms with van der Waals surface area (Å²) in [6, 6.07) is 1.94. The van der Waals surface area contributed by atoms with Crippen molar-refractivity contribution in [3.05, 3.63) is 0 Å². The van der Waals surface area contributed by atoms with Gasteiger partial charge in [0.05, 0.1) is 17.4 Å². The van der Waals surface area contributed by atoms with E-state index in [0.29, 0.717) is 0 Å². The van der Waals surface area contributed by atoms with E-state index in [4.69, 9.17) is 10.4 Å². The van der Waals surface area contributed by atoms with Gasteiger partial charge in [-0.2, -0.15) is 5.26 Å². The number of hydrogen-bond donors (Lipinski definition) is 1. The Morgan fingerprint density at radius 2 is 2.10 bits per heavy atom. The van der Waals surface area contributed by atoms with Crippen LogP contribution in [0.5, 0.6) is 0 Å². The molecule has 56 valence electrons. The zero-order valence-corrected chi connectivity index (χ0v) is 6.38. The lowest BCUT2D eigenvalue weighted by atomic mass is 9.82. The standard InChI is InChI=1S/C7H11NO2/c1-5(6(9)10)7(2,3)4-8/h5H,1-3H3,(H,9,10)/t5-/m1/s1. The summed E-state index contributed by atoms with van der Waals surface area (Å²) in [6.07, 6.45) is 0. The Morgan fingerprint density at radius 1 is 1.70 bits per heavy atom. The lowest BCUT2D eigenvalue weighted by molar-refractivity contribution is -0.143. The van der Waals surface area contributed by atoms with E-state index in [1.165, 1.54) is 6.92 Å². The zero-order valence-electron chi connectivity index (χ0n) is 6.38. The Morgan fingerprint density at radius 3 is 2.20 bits per heavy atom. The van der Waals surface area contributed by atoms with Gasteiger partial charge in [-0.05, 0) is 13.8 Å².